The molecule has 0 bridgehead atoms. The Labute approximate surface area is 147 Å². The second-order valence-electron chi connectivity index (χ2n) is 6.07. The molecule has 1 unspecified atom stereocenters. The third-order valence-electron chi connectivity index (χ3n) is 4.05. The lowest BCUT2D eigenvalue weighted by Crippen LogP contribution is -2.38. The van der Waals surface area contributed by atoms with E-state index in [0.717, 1.165) is 30.9 Å². The van der Waals surface area contributed by atoms with Crippen LogP contribution in [0.4, 0.5) is 17.5 Å². The van der Waals surface area contributed by atoms with Crippen LogP contribution in [-0.2, 0) is 4.79 Å². The first kappa shape index (κ1) is 17.2. The number of benzene rings is 1. The minimum atomic E-state index is -0.304. The fourth-order valence-electron chi connectivity index (χ4n) is 2.81. The molecule has 0 aliphatic carbocycles. The number of amides is 1. The zero-order chi connectivity index (χ0) is 17.5. The van der Waals surface area contributed by atoms with Crippen LogP contribution in [0.3, 0.4) is 0 Å². The molecule has 132 valence electrons. The van der Waals surface area contributed by atoms with Crippen LogP contribution in [0, 0.1) is 0 Å². The molecular weight excluding hydrogens is 318 g/mol. The van der Waals surface area contributed by atoms with Crippen LogP contribution in [0.2, 0.25) is 0 Å². The van der Waals surface area contributed by atoms with Crippen LogP contribution in [-0.4, -0.2) is 46.7 Å². The molecular formula is C18H23N5O2. The van der Waals surface area contributed by atoms with E-state index in [1.807, 2.05) is 36.4 Å². The zero-order valence-electron chi connectivity index (χ0n) is 14.1. The molecule has 0 spiro atoms. The smallest absolute Gasteiger partial charge is 0.226 e. The number of para-hydroxylation sites is 1. The molecule has 1 atom stereocenters. The summed E-state index contributed by atoms with van der Waals surface area (Å²) in [5.74, 6) is 1.23. The van der Waals surface area contributed by atoms with E-state index >= 15 is 0 Å². The number of β-amino-alcohol motifs (C(OH)–C–C–N with tert-alkyl or cyclic N) is 1. The lowest BCUT2D eigenvalue weighted by Gasteiger charge is -2.31. The van der Waals surface area contributed by atoms with Gasteiger partial charge in [-0.1, -0.05) is 18.2 Å². The summed E-state index contributed by atoms with van der Waals surface area (Å²) < 4.78 is 0. The summed E-state index contributed by atoms with van der Waals surface area (Å²) in [6.07, 6.45) is 3.50. The molecule has 1 aliphatic heterocycles. The summed E-state index contributed by atoms with van der Waals surface area (Å²) in [6.45, 7) is 1.92. The maximum Gasteiger partial charge on any atom is 0.226 e. The van der Waals surface area contributed by atoms with E-state index in [0.29, 0.717) is 25.5 Å². The molecule has 1 aliphatic rings. The monoisotopic (exact) mass is 341 g/mol. The summed E-state index contributed by atoms with van der Waals surface area (Å²) in [6, 6.07) is 11.2. The van der Waals surface area contributed by atoms with Gasteiger partial charge in [0.25, 0.3) is 0 Å². The summed E-state index contributed by atoms with van der Waals surface area (Å²) >= 11 is 0. The van der Waals surface area contributed by atoms with Crippen LogP contribution >= 0.6 is 0 Å². The Morgan fingerprint density at radius 3 is 2.92 bits per heavy atom. The zero-order valence-corrected chi connectivity index (χ0v) is 14.1. The van der Waals surface area contributed by atoms with Crippen molar-refractivity contribution >= 4 is 23.4 Å². The van der Waals surface area contributed by atoms with Gasteiger partial charge in [0.2, 0.25) is 11.9 Å². The number of hydrogen-bond donors (Lipinski definition) is 3. The van der Waals surface area contributed by atoms with Gasteiger partial charge in [0.05, 0.1) is 6.10 Å². The highest BCUT2D eigenvalue weighted by Crippen LogP contribution is 2.18. The Morgan fingerprint density at radius 2 is 2.12 bits per heavy atom. The van der Waals surface area contributed by atoms with E-state index in [2.05, 4.69) is 25.5 Å². The fourth-order valence-corrected chi connectivity index (χ4v) is 2.81. The van der Waals surface area contributed by atoms with Crippen molar-refractivity contribution in [1.82, 2.24) is 9.97 Å². The van der Waals surface area contributed by atoms with Crippen molar-refractivity contribution < 1.29 is 9.90 Å². The van der Waals surface area contributed by atoms with Crippen LogP contribution in [0.5, 0.6) is 0 Å². The van der Waals surface area contributed by atoms with Crippen molar-refractivity contribution in [1.29, 1.82) is 0 Å². The topological polar surface area (TPSA) is 90.4 Å². The lowest BCUT2D eigenvalue weighted by atomic mass is 10.1. The number of hydrogen-bond acceptors (Lipinski definition) is 6. The SMILES string of the molecule is O=C(CCNc1nccc(N2CCCC(O)C2)n1)Nc1ccccc1. The highest BCUT2D eigenvalue weighted by atomic mass is 16.3. The molecule has 1 saturated heterocycles. The molecule has 7 heteroatoms. The molecule has 1 aromatic heterocycles. The van der Waals surface area contributed by atoms with E-state index in [-0.39, 0.29) is 12.0 Å². The summed E-state index contributed by atoms with van der Waals surface area (Å²) in [4.78, 5) is 22.6. The first-order chi connectivity index (χ1) is 12.2. The standard InChI is InChI=1S/C18H23N5O2/c24-15-7-4-12-23(13-15)16-8-10-19-18(22-16)20-11-9-17(25)21-14-5-2-1-3-6-14/h1-3,5-6,8,10,15,24H,4,7,9,11-13H2,(H,21,25)(H,19,20,22). The van der Waals surface area contributed by atoms with Gasteiger partial charge in [-0.2, -0.15) is 4.98 Å². The third kappa shape index (κ3) is 5.15. The van der Waals surface area contributed by atoms with Gasteiger partial charge in [-0.05, 0) is 31.0 Å². The molecule has 1 amide bonds. The van der Waals surface area contributed by atoms with Crippen molar-refractivity contribution in [3.63, 3.8) is 0 Å². The predicted octanol–water partition coefficient (Wildman–Crippen LogP) is 1.88. The maximum absolute atomic E-state index is 11.9. The quantitative estimate of drug-likeness (QED) is 0.743. The van der Waals surface area contributed by atoms with Crippen molar-refractivity contribution in [2.45, 2.75) is 25.4 Å². The number of aromatic nitrogens is 2. The predicted molar refractivity (Wildman–Crippen MR) is 97.7 cm³/mol. The molecule has 2 heterocycles. The number of aliphatic hydroxyl groups excluding tert-OH is 1. The van der Waals surface area contributed by atoms with E-state index in [1.54, 1.807) is 6.20 Å². The molecule has 1 fully saturated rings. The van der Waals surface area contributed by atoms with Gasteiger partial charge in [0.15, 0.2) is 0 Å². The van der Waals surface area contributed by atoms with Gasteiger partial charge in [0.1, 0.15) is 5.82 Å². The van der Waals surface area contributed by atoms with E-state index in [9.17, 15) is 9.90 Å². The van der Waals surface area contributed by atoms with E-state index in [1.165, 1.54) is 0 Å². The van der Waals surface area contributed by atoms with Crippen molar-refractivity contribution in [3.05, 3.63) is 42.6 Å². The van der Waals surface area contributed by atoms with Gasteiger partial charge in [-0.15, -0.1) is 0 Å². The van der Waals surface area contributed by atoms with Crippen LogP contribution < -0.4 is 15.5 Å². The van der Waals surface area contributed by atoms with Crippen LogP contribution in [0.25, 0.3) is 0 Å². The van der Waals surface area contributed by atoms with Gasteiger partial charge in [-0.25, -0.2) is 4.98 Å². The molecule has 7 nitrogen and oxygen atoms in total. The molecule has 0 saturated carbocycles. The second kappa shape index (κ2) is 8.43. The average Bonchev–Trinajstić information content (AvgIpc) is 2.63. The number of anilines is 3. The second-order valence-corrected chi connectivity index (χ2v) is 6.07. The lowest BCUT2D eigenvalue weighted by molar-refractivity contribution is -0.115. The summed E-state index contributed by atoms with van der Waals surface area (Å²) in [5.41, 5.74) is 0.786. The number of carbonyl (C=O) groups is 1. The molecule has 2 aromatic rings. The van der Waals surface area contributed by atoms with Gasteiger partial charge in [0, 0.05) is 37.9 Å². The van der Waals surface area contributed by atoms with Gasteiger partial charge in [-0.3, -0.25) is 4.79 Å². The number of nitrogens with zero attached hydrogens (tertiary/aromatic N) is 3. The van der Waals surface area contributed by atoms with Gasteiger partial charge < -0.3 is 20.6 Å². The first-order valence-electron chi connectivity index (χ1n) is 8.55. The minimum Gasteiger partial charge on any atom is -0.391 e. The third-order valence-corrected chi connectivity index (χ3v) is 4.05. The Balaban J connectivity index is 1.48. The van der Waals surface area contributed by atoms with Crippen molar-refractivity contribution in [3.8, 4) is 0 Å². The first-order valence-corrected chi connectivity index (χ1v) is 8.55. The van der Waals surface area contributed by atoms with Crippen LogP contribution in [0.1, 0.15) is 19.3 Å². The van der Waals surface area contributed by atoms with Gasteiger partial charge >= 0.3 is 0 Å². The number of piperidine rings is 1. The highest BCUT2D eigenvalue weighted by Gasteiger charge is 2.19. The maximum atomic E-state index is 11.9. The Kier molecular flexibility index (Phi) is 5.79. The van der Waals surface area contributed by atoms with Crippen LogP contribution in [0.15, 0.2) is 42.6 Å². The van der Waals surface area contributed by atoms with Crippen molar-refractivity contribution in [2.24, 2.45) is 0 Å². The van der Waals surface area contributed by atoms with E-state index in [4.69, 9.17) is 0 Å². The summed E-state index contributed by atoms with van der Waals surface area (Å²) in [5, 5.41) is 15.7. The molecule has 1 aromatic carbocycles. The Bertz CT molecular complexity index is 695. The molecule has 3 rings (SSSR count). The minimum absolute atomic E-state index is 0.0611. The summed E-state index contributed by atoms with van der Waals surface area (Å²) in [7, 11) is 0. The number of carbonyl (C=O) groups excluding carboxylic acids is 1. The van der Waals surface area contributed by atoms with Crippen molar-refractivity contribution in [2.75, 3.05) is 35.2 Å². The molecule has 3 N–H and O–H groups in total. The normalized spacial score (nSPS) is 17.2. The average molecular weight is 341 g/mol. The largest absolute Gasteiger partial charge is 0.391 e. The molecule has 0 radical (unpaired) electrons. The van der Waals surface area contributed by atoms with E-state index < -0.39 is 0 Å². The number of nitrogens with one attached hydrogen (secondary N) is 2. The Morgan fingerprint density at radius 1 is 1.28 bits per heavy atom. The number of rotatable bonds is 6. The Hall–Kier alpha value is -2.67. The number of aliphatic hydroxyl groups is 1. The molecule has 25 heavy (non-hydrogen) atoms. The highest BCUT2D eigenvalue weighted by molar-refractivity contribution is 5.90. The fraction of sp³-hybridized carbons (Fsp3) is 0.389.